The SMILES string of the molecule is N#Cc1csc(-c2cnn3c(C4CCN(C(=O)O)CC4)cc(=O)[nH]c23)c1. The number of aromatic nitrogens is 3. The molecule has 3 aromatic heterocycles. The normalized spacial score (nSPS) is 15.3. The number of fused-ring (bicyclic) bond motifs is 1. The van der Waals surface area contributed by atoms with E-state index >= 15 is 0 Å². The molecule has 0 bridgehead atoms. The van der Waals surface area contributed by atoms with E-state index in [-0.39, 0.29) is 11.5 Å². The summed E-state index contributed by atoms with van der Waals surface area (Å²) < 4.78 is 1.73. The Kier molecular flexibility index (Phi) is 3.97. The van der Waals surface area contributed by atoms with Crippen LogP contribution in [0, 0.1) is 11.3 Å². The van der Waals surface area contributed by atoms with Crippen molar-refractivity contribution in [3.8, 4) is 16.5 Å². The molecule has 1 amide bonds. The molecule has 0 spiro atoms. The highest BCUT2D eigenvalue weighted by Crippen LogP contribution is 2.32. The Labute approximate surface area is 151 Å². The summed E-state index contributed by atoms with van der Waals surface area (Å²) in [5.41, 5.74) is 2.52. The summed E-state index contributed by atoms with van der Waals surface area (Å²) in [5.74, 6) is 0.0705. The number of nitrogens with zero attached hydrogens (tertiary/aromatic N) is 4. The van der Waals surface area contributed by atoms with E-state index in [2.05, 4.69) is 16.2 Å². The van der Waals surface area contributed by atoms with Gasteiger partial charge in [0.25, 0.3) is 5.56 Å². The molecule has 4 heterocycles. The Balaban J connectivity index is 1.74. The van der Waals surface area contributed by atoms with Gasteiger partial charge in [-0.05, 0) is 18.9 Å². The summed E-state index contributed by atoms with van der Waals surface area (Å²) in [6.45, 7) is 0.887. The molecular formula is C17H15N5O3S. The quantitative estimate of drug-likeness (QED) is 0.720. The fourth-order valence-corrected chi connectivity index (χ4v) is 4.23. The van der Waals surface area contributed by atoms with Crippen LogP contribution in [0.2, 0.25) is 0 Å². The van der Waals surface area contributed by atoms with E-state index < -0.39 is 6.09 Å². The standard InChI is InChI=1S/C17H15N5O3S/c18-7-10-5-14(26-9-10)12-8-19-22-13(6-15(23)20-16(12)22)11-1-3-21(4-2-11)17(24)25/h5-6,8-9,11H,1-4H2,(H,20,23)(H,24,25). The summed E-state index contributed by atoms with van der Waals surface area (Å²) in [4.78, 5) is 28.4. The number of thiophene rings is 1. The van der Waals surface area contributed by atoms with Crippen LogP contribution in [0.3, 0.4) is 0 Å². The maximum Gasteiger partial charge on any atom is 0.407 e. The van der Waals surface area contributed by atoms with Crippen LogP contribution >= 0.6 is 11.3 Å². The third-order valence-electron chi connectivity index (χ3n) is 4.71. The third kappa shape index (κ3) is 2.74. The fourth-order valence-electron chi connectivity index (χ4n) is 3.39. The molecule has 3 aromatic rings. The third-order valence-corrected chi connectivity index (χ3v) is 5.68. The van der Waals surface area contributed by atoms with Gasteiger partial charge in [0.2, 0.25) is 0 Å². The van der Waals surface area contributed by atoms with Crippen molar-refractivity contribution < 1.29 is 9.90 Å². The highest BCUT2D eigenvalue weighted by Gasteiger charge is 2.26. The first-order valence-electron chi connectivity index (χ1n) is 8.14. The van der Waals surface area contributed by atoms with Gasteiger partial charge in [-0.25, -0.2) is 9.31 Å². The Bertz CT molecular complexity index is 1080. The molecule has 0 atom stereocenters. The number of piperidine rings is 1. The molecule has 2 N–H and O–H groups in total. The molecule has 4 rings (SSSR count). The van der Waals surface area contributed by atoms with Crippen LogP contribution in [-0.4, -0.2) is 43.8 Å². The maximum absolute atomic E-state index is 12.2. The molecule has 26 heavy (non-hydrogen) atoms. The van der Waals surface area contributed by atoms with E-state index in [0.29, 0.717) is 37.1 Å². The average Bonchev–Trinajstić information content (AvgIpc) is 3.27. The lowest BCUT2D eigenvalue weighted by molar-refractivity contribution is 0.131. The molecular weight excluding hydrogens is 354 g/mol. The largest absolute Gasteiger partial charge is 0.465 e. The summed E-state index contributed by atoms with van der Waals surface area (Å²) in [7, 11) is 0. The van der Waals surface area contributed by atoms with Gasteiger partial charge in [0, 0.05) is 35.3 Å². The Morgan fingerprint density at radius 3 is 2.81 bits per heavy atom. The van der Waals surface area contributed by atoms with Gasteiger partial charge in [-0.2, -0.15) is 10.4 Å². The molecule has 9 heteroatoms. The second kappa shape index (κ2) is 6.31. The molecule has 0 saturated carbocycles. The molecule has 132 valence electrons. The zero-order chi connectivity index (χ0) is 18.3. The lowest BCUT2D eigenvalue weighted by Crippen LogP contribution is -2.37. The molecule has 8 nitrogen and oxygen atoms in total. The summed E-state index contributed by atoms with van der Waals surface area (Å²) >= 11 is 1.43. The van der Waals surface area contributed by atoms with E-state index in [1.807, 2.05) is 0 Å². The number of H-pyrrole nitrogens is 1. The number of carbonyl (C=O) groups is 1. The van der Waals surface area contributed by atoms with E-state index in [1.54, 1.807) is 28.2 Å². The van der Waals surface area contributed by atoms with E-state index in [4.69, 9.17) is 10.4 Å². The number of carboxylic acid groups (broad SMARTS) is 1. The molecule has 1 saturated heterocycles. The average molecular weight is 369 g/mol. The first-order valence-corrected chi connectivity index (χ1v) is 9.02. The molecule has 1 aliphatic rings. The van der Waals surface area contributed by atoms with Crippen LogP contribution in [0.15, 0.2) is 28.5 Å². The van der Waals surface area contributed by atoms with Crippen LogP contribution in [0.1, 0.15) is 30.0 Å². The van der Waals surface area contributed by atoms with Crippen molar-refractivity contribution in [3.05, 3.63) is 45.3 Å². The first-order chi connectivity index (χ1) is 12.6. The van der Waals surface area contributed by atoms with Crippen molar-refractivity contribution in [2.75, 3.05) is 13.1 Å². The maximum atomic E-state index is 12.2. The fraction of sp³-hybridized carbons (Fsp3) is 0.294. The van der Waals surface area contributed by atoms with Gasteiger partial charge in [0.05, 0.1) is 23.0 Å². The zero-order valence-electron chi connectivity index (χ0n) is 13.7. The number of rotatable bonds is 2. The summed E-state index contributed by atoms with van der Waals surface area (Å²) in [5, 5.41) is 24.3. The van der Waals surface area contributed by atoms with Gasteiger partial charge in [-0.15, -0.1) is 11.3 Å². The molecule has 0 unspecified atom stereocenters. The van der Waals surface area contributed by atoms with E-state index in [1.165, 1.54) is 16.2 Å². The minimum absolute atomic E-state index is 0.0705. The van der Waals surface area contributed by atoms with Crippen molar-refractivity contribution in [3.63, 3.8) is 0 Å². The number of hydrogen-bond acceptors (Lipinski definition) is 5. The molecule has 1 aliphatic heterocycles. The summed E-state index contributed by atoms with van der Waals surface area (Å²) in [6, 6.07) is 5.42. The Hall–Kier alpha value is -3.12. The summed E-state index contributed by atoms with van der Waals surface area (Å²) in [6.07, 6.45) is 2.08. The smallest absolute Gasteiger partial charge is 0.407 e. The van der Waals surface area contributed by atoms with Gasteiger partial charge in [0.1, 0.15) is 11.7 Å². The highest BCUT2D eigenvalue weighted by molar-refractivity contribution is 7.13. The van der Waals surface area contributed by atoms with Crippen molar-refractivity contribution in [1.29, 1.82) is 5.26 Å². The number of likely N-dealkylation sites (tertiary alicyclic amines) is 1. The monoisotopic (exact) mass is 369 g/mol. The second-order valence-electron chi connectivity index (χ2n) is 6.23. The van der Waals surface area contributed by atoms with Gasteiger partial charge in [-0.1, -0.05) is 0 Å². The molecule has 0 aliphatic carbocycles. The van der Waals surface area contributed by atoms with Crippen molar-refractivity contribution in [2.24, 2.45) is 0 Å². The minimum atomic E-state index is -0.910. The number of nitrogens with one attached hydrogen (secondary N) is 1. The van der Waals surface area contributed by atoms with Crippen molar-refractivity contribution in [2.45, 2.75) is 18.8 Å². The van der Waals surface area contributed by atoms with Gasteiger partial charge < -0.3 is 15.0 Å². The van der Waals surface area contributed by atoms with E-state index in [9.17, 15) is 9.59 Å². The van der Waals surface area contributed by atoms with Crippen LogP contribution in [0.4, 0.5) is 4.79 Å². The lowest BCUT2D eigenvalue weighted by atomic mass is 9.93. The van der Waals surface area contributed by atoms with Gasteiger partial charge >= 0.3 is 6.09 Å². The van der Waals surface area contributed by atoms with Crippen LogP contribution in [0.25, 0.3) is 16.1 Å². The molecule has 0 aromatic carbocycles. The number of aromatic amines is 1. The van der Waals surface area contributed by atoms with Gasteiger partial charge in [-0.3, -0.25) is 4.79 Å². The Morgan fingerprint density at radius 1 is 1.38 bits per heavy atom. The van der Waals surface area contributed by atoms with Gasteiger partial charge in [0.15, 0.2) is 0 Å². The minimum Gasteiger partial charge on any atom is -0.465 e. The number of nitriles is 1. The van der Waals surface area contributed by atoms with Crippen molar-refractivity contribution in [1.82, 2.24) is 19.5 Å². The van der Waals surface area contributed by atoms with Crippen LogP contribution < -0.4 is 5.56 Å². The van der Waals surface area contributed by atoms with Crippen LogP contribution in [0.5, 0.6) is 0 Å². The van der Waals surface area contributed by atoms with Crippen molar-refractivity contribution >= 4 is 23.1 Å². The highest BCUT2D eigenvalue weighted by atomic mass is 32.1. The predicted molar refractivity (Wildman–Crippen MR) is 95.4 cm³/mol. The van der Waals surface area contributed by atoms with E-state index in [0.717, 1.165) is 16.1 Å². The first kappa shape index (κ1) is 16.4. The topological polar surface area (TPSA) is 114 Å². The van der Waals surface area contributed by atoms with Crippen LogP contribution in [-0.2, 0) is 0 Å². The number of hydrogen-bond donors (Lipinski definition) is 2. The lowest BCUT2D eigenvalue weighted by Gasteiger charge is -2.30. The Morgan fingerprint density at radius 2 is 2.15 bits per heavy atom. The molecule has 1 fully saturated rings. The number of amides is 1. The second-order valence-corrected chi connectivity index (χ2v) is 7.14. The molecule has 0 radical (unpaired) electrons. The predicted octanol–water partition coefficient (Wildman–Crippen LogP) is 2.48. The zero-order valence-corrected chi connectivity index (χ0v) is 14.5.